The summed E-state index contributed by atoms with van der Waals surface area (Å²) in [7, 11) is 0. The molecule has 0 aliphatic rings. The van der Waals surface area contributed by atoms with Crippen LogP contribution in [0.2, 0.25) is 0 Å². The van der Waals surface area contributed by atoms with Gasteiger partial charge in [-0.2, -0.15) is 0 Å². The van der Waals surface area contributed by atoms with E-state index in [-0.39, 0.29) is 11.6 Å². The Morgan fingerprint density at radius 3 is 2.78 bits per heavy atom. The van der Waals surface area contributed by atoms with Gasteiger partial charge in [0.1, 0.15) is 11.9 Å². The van der Waals surface area contributed by atoms with E-state index < -0.39 is 6.10 Å². The van der Waals surface area contributed by atoms with E-state index in [1.54, 1.807) is 18.2 Å². The predicted octanol–water partition coefficient (Wildman–Crippen LogP) is 2.79. The van der Waals surface area contributed by atoms with Gasteiger partial charge in [0.15, 0.2) is 11.5 Å². The SMILES string of the molecule is O=C(NCCC(O)c1ccco1)c1cc(-c2ccccc2)on1. The molecule has 3 aromatic rings. The zero-order valence-corrected chi connectivity index (χ0v) is 12.3. The maximum Gasteiger partial charge on any atom is 0.273 e. The Balaban J connectivity index is 1.54. The van der Waals surface area contributed by atoms with Crippen molar-refractivity contribution in [1.82, 2.24) is 10.5 Å². The number of nitrogens with one attached hydrogen (secondary N) is 1. The summed E-state index contributed by atoms with van der Waals surface area (Å²) in [6, 6.07) is 14.4. The largest absolute Gasteiger partial charge is 0.467 e. The molecule has 0 aliphatic carbocycles. The molecule has 1 aromatic carbocycles. The van der Waals surface area contributed by atoms with Gasteiger partial charge < -0.3 is 19.4 Å². The van der Waals surface area contributed by atoms with E-state index >= 15 is 0 Å². The predicted molar refractivity (Wildman–Crippen MR) is 82.6 cm³/mol. The number of rotatable bonds is 6. The first-order chi connectivity index (χ1) is 11.2. The number of hydrogen-bond donors (Lipinski definition) is 2. The molecule has 1 amide bonds. The van der Waals surface area contributed by atoms with Crippen LogP contribution in [0.5, 0.6) is 0 Å². The van der Waals surface area contributed by atoms with Crippen LogP contribution < -0.4 is 5.32 Å². The van der Waals surface area contributed by atoms with Crippen molar-refractivity contribution in [3.05, 3.63) is 66.2 Å². The molecule has 1 unspecified atom stereocenters. The summed E-state index contributed by atoms with van der Waals surface area (Å²) in [4.78, 5) is 12.0. The first kappa shape index (κ1) is 15.1. The molecule has 0 spiro atoms. The van der Waals surface area contributed by atoms with Crippen molar-refractivity contribution in [2.75, 3.05) is 6.54 Å². The van der Waals surface area contributed by atoms with Crippen LogP contribution in [-0.4, -0.2) is 22.7 Å². The highest BCUT2D eigenvalue weighted by Crippen LogP contribution is 2.20. The van der Waals surface area contributed by atoms with Crippen molar-refractivity contribution in [2.45, 2.75) is 12.5 Å². The van der Waals surface area contributed by atoms with Crippen LogP contribution in [0.15, 0.2) is 63.7 Å². The fraction of sp³-hybridized carbons (Fsp3) is 0.176. The number of aliphatic hydroxyl groups excluding tert-OH is 1. The van der Waals surface area contributed by atoms with Crippen LogP contribution in [0.3, 0.4) is 0 Å². The summed E-state index contributed by atoms with van der Waals surface area (Å²) in [5.41, 5.74) is 1.06. The molecule has 0 saturated heterocycles. The molecule has 118 valence electrons. The maximum absolute atomic E-state index is 12.0. The van der Waals surface area contributed by atoms with Crippen molar-refractivity contribution >= 4 is 5.91 Å². The topological polar surface area (TPSA) is 88.5 Å². The average Bonchev–Trinajstić information content (AvgIpc) is 3.27. The normalized spacial score (nSPS) is 12.0. The van der Waals surface area contributed by atoms with Gasteiger partial charge in [-0.3, -0.25) is 4.79 Å². The quantitative estimate of drug-likeness (QED) is 0.730. The Hall–Kier alpha value is -2.86. The smallest absolute Gasteiger partial charge is 0.273 e. The summed E-state index contributed by atoms with van der Waals surface area (Å²) in [5, 5.41) is 16.3. The van der Waals surface area contributed by atoms with Gasteiger partial charge in [0.25, 0.3) is 5.91 Å². The number of carbonyl (C=O) groups excluding carboxylic acids is 1. The summed E-state index contributed by atoms with van der Waals surface area (Å²) in [6.07, 6.45) is 1.10. The molecule has 0 saturated carbocycles. The number of aliphatic hydroxyl groups is 1. The van der Waals surface area contributed by atoms with Gasteiger partial charge in [-0.25, -0.2) is 0 Å². The molecule has 1 atom stereocenters. The second kappa shape index (κ2) is 6.93. The van der Waals surface area contributed by atoms with Crippen molar-refractivity contribution < 1.29 is 18.8 Å². The standard InChI is InChI=1S/C17H16N2O4/c20-14(15-7-4-10-22-15)8-9-18-17(21)13-11-16(23-19-13)12-5-2-1-3-6-12/h1-7,10-11,14,20H,8-9H2,(H,18,21). The molecule has 6 nitrogen and oxygen atoms in total. The van der Waals surface area contributed by atoms with Crippen LogP contribution in [-0.2, 0) is 0 Å². The highest BCUT2D eigenvalue weighted by Gasteiger charge is 2.15. The molecular weight excluding hydrogens is 296 g/mol. The fourth-order valence-electron chi connectivity index (χ4n) is 2.16. The zero-order valence-electron chi connectivity index (χ0n) is 12.3. The van der Waals surface area contributed by atoms with Gasteiger partial charge in [0, 0.05) is 18.2 Å². The Kier molecular flexibility index (Phi) is 4.54. The van der Waals surface area contributed by atoms with Crippen LogP contribution in [0.1, 0.15) is 28.8 Å². The molecule has 0 fully saturated rings. The van der Waals surface area contributed by atoms with E-state index in [4.69, 9.17) is 8.94 Å². The maximum atomic E-state index is 12.0. The van der Waals surface area contributed by atoms with E-state index in [1.165, 1.54) is 6.26 Å². The molecule has 3 rings (SSSR count). The number of furan rings is 1. The lowest BCUT2D eigenvalue weighted by Gasteiger charge is -2.07. The van der Waals surface area contributed by atoms with Gasteiger partial charge in [-0.05, 0) is 18.6 Å². The third-order valence-electron chi connectivity index (χ3n) is 3.38. The minimum atomic E-state index is -0.748. The average molecular weight is 312 g/mol. The van der Waals surface area contributed by atoms with Crippen LogP contribution in [0.25, 0.3) is 11.3 Å². The number of amides is 1. The number of hydrogen-bond acceptors (Lipinski definition) is 5. The number of aromatic nitrogens is 1. The molecule has 6 heteroatoms. The lowest BCUT2D eigenvalue weighted by molar-refractivity contribution is 0.0927. The second-order valence-electron chi connectivity index (χ2n) is 5.02. The van der Waals surface area contributed by atoms with E-state index in [9.17, 15) is 9.90 Å². The second-order valence-corrected chi connectivity index (χ2v) is 5.02. The molecule has 2 aromatic heterocycles. The molecular formula is C17H16N2O4. The van der Waals surface area contributed by atoms with Gasteiger partial charge in [-0.1, -0.05) is 35.5 Å². The van der Waals surface area contributed by atoms with Gasteiger partial charge >= 0.3 is 0 Å². The van der Waals surface area contributed by atoms with Gasteiger partial charge in [0.05, 0.1) is 6.26 Å². The Morgan fingerprint density at radius 2 is 2.04 bits per heavy atom. The van der Waals surface area contributed by atoms with Crippen molar-refractivity contribution in [3.8, 4) is 11.3 Å². The van der Waals surface area contributed by atoms with Crippen molar-refractivity contribution in [2.24, 2.45) is 0 Å². The highest BCUT2D eigenvalue weighted by atomic mass is 16.5. The Labute approximate surface area is 132 Å². The van der Waals surface area contributed by atoms with Gasteiger partial charge in [0.2, 0.25) is 0 Å². The van der Waals surface area contributed by atoms with Crippen LogP contribution in [0, 0.1) is 0 Å². The third kappa shape index (κ3) is 3.67. The fourth-order valence-corrected chi connectivity index (χ4v) is 2.16. The monoisotopic (exact) mass is 312 g/mol. The lowest BCUT2D eigenvalue weighted by Crippen LogP contribution is -2.25. The number of benzene rings is 1. The Bertz CT molecular complexity index is 750. The minimum Gasteiger partial charge on any atom is -0.467 e. The minimum absolute atomic E-state index is 0.205. The first-order valence-corrected chi connectivity index (χ1v) is 7.26. The molecule has 0 radical (unpaired) electrons. The van der Waals surface area contributed by atoms with Crippen LogP contribution in [0.4, 0.5) is 0 Å². The zero-order chi connectivity index (χ0) is 16.1. The van der Waals surface area contributed by atoms with Crippen molar-refractivity contribution in [1.29, 1.82) is 0 Å². The molecule has 23 heavy (non-hydrogen) atoms. The Morgan fingerprint density at radius 1 is 1.22 bits per heavy atom. The number of carbonyl (C=O) groups is 1. The first-order valence-electron chi connectivity index (χ1n) is 7.26. The summed E-state index contributed by atoms with van der Waals surface area (Å²) in [6.45, 7) is 0.300. The highest BCUT2D eigenvalue weighted by molar-refractivity contribution is 5.93. The lowest BCUT2D eigenvalue weighted by atomic mass is 10.1. The summed E-state index contributed by atoms with van der Waals surface area (Å²) in [5.74, 6) is 0.668. The van der Waals surface area contributed by atoms with Crippen LogP contribution >= 0.6 is 0 Å². The third-order valence-corrected chi connectivity index (χ3v) is 3.38. The summed E-state index contributed by atoms with van der Waals surface area (Å²) < 4.78 is 10.3. The molecule has 0 bridgehead atoms. The van der Waals surface area contributed by atoms with E-state index in [1.807, 2.05) is 30.3 Å². The molecule has 0 aliphatic heterocycles. The summed E-state index contributed by atoms with van der Waals surface area (Å²) >= 11 is 0. The van der Waals surface area contributed by atoms with Crippen molar-refractivity contribution in [3.63, 3.8) is 0 Å². The van der Waals surface area contributed by atoms with E-state index in [2.05, 4.69) is 10.5 Å². The van der Waals surface area contributed by atoms with Gasteiger partial charge in [-0.15, -0.1) is 0 Å². The molecule has 2 N–H and O–H groups in total. The molecule has 2 heterocycles. The number of nitrogens with zero attached hydrogens (tertiary/aromatic N) is 1. The van der Waals surface area contributed by atoms with E-state index in [0.29, 0.717) is 24.5 Å². The van der Waals surface area contributed by atoms with E-state index in [0.717, 1.165) is 5.56 Å².